The van der Waals surface area contributed by atoms with Gasteiger partial charge in [0.05, 0.1) is 6.20 Å². The maximum atomic E-state index is 11.7. The van der Waals surface area contributed by atoms with Crippen molar-refractivity contribution in [2.24, 2.45) is 5.92 Å². The van der Waals surface area contributed by atoms with Crippen LogP contribution in [0.25, 0.3) is 5.78 Å². The minimum absolute atomic E-state index is 0.0445. The van der Waals surface area contributed by atoms with Gasteiger partial charge < -0.3 is 5.32 Å². The molecule has 2 aromatic rings. The molecule has 0 radical (unpaired) electrons. The highest BCUT2D eigenvalue weighted by molar-refractivity contribution is 5.93. The van der Waals surface area contributed by atoms with Gasteiger partial charge in [0.15, 0.2) is 5.82 Å². The summed E-state index contributed by atoms with van der Waals surface area (Å²) < 4.78 is 1.86. The molecule has 0 spiro atoms. The van der Waals surface area contributed by atoms with Crippen LogP contribution in [-0.4, -0.2) is 20.3 Å². The van der Waals surface area contributed by atoms with Gasteiger partial charge in [0.2, 0.25) is 11.7 Å². The number of fused-ring (bicyclic) bond motifs is 1. The van der Waals surface area contributed by atoms with Crippen molar-refractivity contribution in [1.82, 2.24) is 14.4 Å². The largest absolute Gasteiger partial charge is 0.309 e. The van der Waals surface area contributed by atoms with E-state index in [0.717, 1.165) is 18.4 Å². The van der Waals surface area contributed by atoms with Crippen LogP contribution in [0.4, 0.5) is 5.82 Å². The van der Waals surface area contributed by atoms with Gasteiger partial charge in [-0.05, 0) is 23.8 Å². The first-order valence-electron chi connectivity index (χ1n) is 6.59. The molecule has 5 nitrogen and oxygen atoms in total. The Bertz CT molecular complexity index is 634. The number of hydrogen-bond donors (Lipinski definition) is 1. The topological polar surface area (TPSA) is 59.3 Å². The Hall–Kier alpha value is -1.91. The van der Waals surface area contributed by atoms with E-state index in [9.17, 15) is 4.79 Å². The van der Waals surface area contributed by atoms with Gasteiger partial charge in [0.25, 0.3) is 0 Å². The molecular weight excluding hydrogens is 240 g/mol. The summed E-state index contributed by atoms with van der Waals surface area (Å²) >= 11 is 0. The van der Waals surface area contributed by atoms with Crippen LogP contribution in [0, 0.1) is 5.92 Å². The molecule has 0 bridgehead atoms. The molecule has 0 aromatic carbocycles. The number of nitrogens with zero attached hydrogens (tertiary/aromatic N) is 3. The molecule has 2 aromatic heterocycles. The Balaban J connectivity index is 1.89. The van der Waals surface area contributed by atoms with Crippen molar-refractivity contribution >= 4 is 17.5 Å². The molecule has 0 saturated heterocycles. The Morgan fingerprint density at radius 3 is 2.74 bits per heavy atom. The normalized spacial score (nSPS) is 15.7. The first-order chi connectivity index (χ1) is 8.93. The van der Waals surface area contributed by atoms with Crippen molar-refractivity contribution in [3.05, 3.63) is 24.2 Å². The Morgan fingerprint density at radius 2 is 2.11 bits per heavy atom. The number of anilines is 1. The van der Waals surface area contributed by atoms with Crippen LogP contribution >= 0.6 is 0 Å². The van der Waals surface area contributed by atoms with Gasteiger partial charge in [-0.25, -0.2) is 4.98 Å². The van der Waals surface area contributed by atoms with Crippen molar-refractivity contribution < 1.29 is 4.79 Å². The number of rotatable bonds is 2. The average Bonchev–Trinajstić information content (AvgIpc) is 3.08. The van der Waals surface area contributed by atoms with Crippen LogP contribution in [0.2, 0.25) is 0 Å². The van der Waals surface area contributed by atoms with Crippen LogP contribution in [0.3, 0.4) is 0 Å². The van der Waals surface area contributed by atoms with E-state index in [1.54, 1.807) is 0 Å². The molecule has 3 rings (SSSR count). The number of carbonyl (C=O) groups is 1. The summed E-state index contributed by atoms with van der Waals surface area (Å²) in [5.41, 5.74) is 1.18. The monoisotopic (exact) mass is 258 g/mol. The van der Waals surface area contributed by atoms with Crippen molar-refractivity contribution in [3.63, 3.8) is 0 Å². The highest BCUT2D eigenvalue weighted by atomic mass is 16.2. The van der Waals surface area contributed by atoms with Crippen LogP contribution in [0.15, 0.2) is 18.6 Å². The number of nitrogens with one attached hydrogen (secondary N) is 1. The van der Waals surface area contributed by atoms with Crippen molar-refractivity contribution in [2.45, 2.75) is 39.0 Å². The third-order valence-corrected chi connectivity index (χ3v) is 3.38. The van der Waals surface area contributed by atoms with E-state index < -0.39 is 0 Å². The zero-order valence-electron chi connectivity index (χ0n) is 11.5. The lowest BCUT2D eigenvalue weighted by Gasteiger charge is -2.17. The number of carbonyl (C=O) groups excluding carboxylic acids is 1. The molecule has 0 unspecified atom stereocenters. The zero-order valence-corrected chi connectivity index (χ0v) is 11.5. The van der Waals surface area contributed by atoms with Crippen LogP contribution in [0.5, 0.6) is 0 Å². The van der Waals surface area contributed by atoms with E-state index in [0.29, 0.717) is 11.6 Å². The fraction of sp³-hybridized carbons (Fsp3) is 0.500. The van der Waals surface area contributed by atoms with Crippen LogP contribution in [-0.2, 0) is 10.2 Å². The minimum atomic E-state index is 0.0445. The van der Waals surface area contributed by atoms with Crippen molar-refractivity contribution in [2.75, 3.05) is 5.32 Å². The number of hydrogen-bond acceptors (Lipinski definition) is 3. The maximum Gasteiger partial charge on any atom is 0.235 e. The molecule has 0 atom stereocenters. The summed E-state index contributed by atoms with van der Waals surface area (Å²) in [7, 11) is 0. The Labute approximate surface area is 112 Å². The molecule has 19 heavy (non-hydrogen) atoms. The second-order valence-corrected chi connectivity index (χ2v) is 6.19. The van der Waals surface area contributed by atoms with Crippen LogP contribution < -0.4 is 5.32 Å². The molecule has 1 fully saturated rings. The Kier molecular flexibility index (Phi) is 2.59. The zero-order chi connectivity index (χ0) is 13.6. The highest BCUT2D eigenvalue weighted by Gasteiger charge is 2.30. The molecule has 1 aliphatic rings. The third kappa shape index (κ3) is 2.45. The standard InChI is InChI=1S/C14H18N4O/c1-14(2,3)10-6-15-13-17-11(8-18(13)7-10)16-12(19)9-4-5-9/h6-9H,4-5H2,1-3H3,(H,16,19). The molecule has 2 heterocycles. The number of amides is 1. The predicted molar refractivity (Wildman–Crippen MR) is 73.0 cm³/mol. The van der Waals surface area contributed by atoms with E-state index >= 15 is 0 Å². The maximum absolute atomic E-state index is 11.7. The lowest BCUT2D eigenvalue weighted by molar-refractivity contribution is -0.117. The second-order valence-electron chi connectivity index (χ2n) is 6.19. The first kappa shape index (κ1) is 12.1. The van der Waals surface area contributed by atoms with E-state index in [1.807, 2.05) is 23.0 Å². The van der Waals surface area contributed by atoms with Gasteiger partial charge >= 0.3 is 0 Å². The summed E-state index contributed by atoms with van der Waals surface area (Å²) in [5.74, 6) is 1.44. The lowest BCUT2D eigenvalue weighted by atomic mass is 9.89. The van der Waals surface area contributed by atoms with Gasteiger partial charge in [0.1, 0.15) is 0 Å². The molecular formula is C14H18N4O. The second kappa shape index (κ2) is 4.05. The fourth-order valence-electron chi connectivity index (χ4n) is 1.91. The predicted octanol–water partition coefficient (Wildman–Crippen LogP) is 2.38. The molecule has 1 N–H and O–H groups in total. The van der Waals surface area contributed by atoms with Crippen molar-refractivity contribution in [1.29, 1.82) is 0 Å². The van der Waals surface area contributed by atoms with E-state index in [4.69, 9.17) is 0 Å². The molecule has 100 valence electrons. The molecule has 0 aliphatic heterocycles. The van der Waals surface area contributed by atoms with Gasteiger partial charge in [-0.1, -0.05) is 20.8 Å². The fourth-order valence-corrected chi connectivity index (χ4v) is 1.91. The third-order valence-electron chi connectivity index (χ3n) is 3.38. The van der Waals surface area contributed by atoms with Gasteiger partial charge in [-0.3, -0.25) is 9.20 Å². The summed E-state index contributed by atoms with van der Waals surface area (Å²) in [4.78, 5) is 20.3. The first-order valence-corrected chi connectivity index (χ1v) is 6.59. The van der Waals surface area contributed by atoms with Gasteiger partial charge in [-0.15, -0.1) is 0 Å². The van der Waals surface area contributed by atoms with Crippen LogP contribution in [0.1, 0.15) is 39.2 Å². The van der Waals surface area contributed by atoms with Gasteiger partial charge in [-0.2, -0.15) is 4.98 Å². The van der Waals surface area contributed by atoms with Crippen molar-refractivity contribution in [3.8, 4) is 0 Å². The van der Waals surface area contributed by atoms with Gasteiger partial charge in [0, 0.05) is 18.3 Å². The number of imidazole rings is 1. The van der Waals surface area contributed by atoms with E-state index in [1.165, 1.54) is 0 Å². The lowest BCUT2D eigenvalue weighted by Crippen LogP contribution is -2.13. The number of aromatic nitrogens is 3. The quantitative estimate of drug-likeness (QED) is 0.899. The molecule has 1 aliphatic carbocycles. The average molecular weight is 258 g/mol. The summed E-state index contributed by atoms with van der Waals surface area (Å²) in [5, 5.41) is 2.84. The Morgan fingerprint density at radius 1 is 1.37 bits per heavy atom. The highest BCUT2D eigenvalue weighted by Crippen LogP contribution is 2.30. The summed E-state index contributed by atoms with van der Waals surface area (Å²) in [6, 6.07) is 0. The summed E-state index contributed by atoms with van der Waals surface area (Å²) in [6.45, 7) is 6.42. The summed E-state index contributed by atoms with van der Waals surface area (Å²) in [6.07, 6.45) is 7.66. The SMILES string of the molecule is CC(C)(C)c1cnc2nc(NC(=O)C3CC3)cn2c1. The van der Waals surface area contributed by atoms with E-state index in [2.05, 4.69) is 36.1 Å². The molecule has 5 heteroatoms. The minimum Gasteiger partial charge on any atom is -0.309 e. The van der Waals surface area contributed by atoms with E-state index in [-0.39, 0.29) is 17.2 Å². The molecule has 1 amide bonds. The molecule has 1 saturated carbocycles. The smallest absolute Gasteiger partial charge is 0.235 e.